The Labute approximate surface area is 252 Å². The SMILES string of the molecule is C=CC(=O)N1CC2(CCN(Cc3cc(C(F)(F)F)c4cn(-c5cccc([C@H](c6nncn6C)C6CCC6)c5)c(=O)n4c3)C2)C1. The van der Waals surface area contributed by atoms with Gasteiger partial charge in [-0.15, -0.1) is 10.2 Å². The maximum absolute atomic E-state index is 14.4. The quantitative estimate of drug-likeness (QED) is 0.292. The second kappa shape index (κ2) is 10.5. The first-order valence-electron chi connectivity index (χ1n) is 15.0. The van der Waals surface area contributed by atoms with Gasteiger partial charge in [-0.25, -0.2) is 4.79 Å². The van der Waals surface area contributed by atoms with Gasteiger partial charge in [0.25, 0.3) is 0 Å². The van der Waals surface area contributed by atoms with Gasteiger partial charge in [-0.1, -0.05) is 25.1 Å². The third-order valence-electron chi connectivity index (χ3n) is 9.74. The van der Waals surface area contributed by atoms with Crippen LogP contribution in [0.4, 0.5) is 13.2 Å². The average molecular weight is 606 g/mol. The monoisotopic (exact) mass is 605 g/mol. The number of fused-ring (bicyclic) bond motifs is 1. The molecule has 1 amide bonds. The molecule has 5 heterocycles. The van der Waals surface area contributed by atoms with Crippen molar-refractivity contribution in [1.82, 2.24) is 33.5 Å². The van der Waals surface area contributed by atoms with E-state index >= 15 is 0 Å². The molecule has 7 rings (SSSR count). The molecule has 1 aromatic carbocycles. The molecule has 230 valence electrons. The zero-order valence-electron chi connectivity index (χ0n) is 24.5. The van der Waals surface area contributed by atoms with E-state index in [0.717, 1.165) is 47.5 Å². The van der Waals surface area contributed by atoms with Gasteiger partial charge in [0.15, 0.2) is 0 Å². The summed E-state index contributed by atoms with van der Waals surface area (Å²) in [6.07, 6.45) is 5.26. The van der Waals surface area contributed by atoms with E-state index in [2.05, 4.69) is 21.7 Å². The Hall–Kier alpha value is -4.19. The number of carbonyl (C=O) groups is 1. The number of likely N-dealkylation sites (tertiary alicyclic amines) is 2. The lowest BCUT2D eigenvalue weighted by molar-refractivity contribution is -0.137. The summed E-state index contributed by atoms with van der Waals surface area (Å²) in [5.41, 5.74) is 0.255. The van der Waals surface area contributed by atoms with E-state index in [1.807, 2.05) is 29.8 Å². The van der Waals surface area contributed by atoms with E-state index in [1.165, 1.54) is 23.0 Å². The molecule has 3 fully saturated rings. The highest BCUT2D eigenvalue weighted by Gasteiger charge is 2.48. The number of imidazole rings is 1. The van der Waals surface area contributed by atoms with Crippen molar-refractivity contribution in [3.8, 4) is 5.69 Å². The molecule has 1 aliphatic carbocycles. The van der Waals surface area contributed by atoms with Crippen molar-refractivity contribution < 1.29 is 18.0 Å². The van der Waals surface area contributed by atoms with Gasteiger partial charge in [0.2, 0.25) is 5.91 Å². The molecule has 1 saturated carbocycles. The highest BCUT2D eigenvalue weighted by Crippen LogP contribution is 2.43. The lowest BCUT2D eigenvalue weighted by Crippen LogP contribution is -2.59. The number of aryl methyl sites for hydroxylation is 1. The highest BCUT2D eigenvalue weighted by molar-refractivity contribution is 5.87. The molecule has 2 aliphatic heterocycles. The van der Waals surface area contributed by atoms with Crippen molar-refractivity contribution in [1.29, 1.82) is 0 Å². The first kappa shape index (κ1) is 28.6. The van der Waals surface area contributed by atoms with E-state index in [9.17, 15) is 22.8 Å². The molecule has 1 spiro atoms. The smallest absolute Gasteiger partial charge is 0.338 e. The summed E-state index contributed by atoms with van der Waals surface area (Å²) in [5.74, 6) is 1.09. The summed E-state index contributed by atoms with van der Waals surface area (Å²) in [6, 6.07) is 8.62. The van der Waals surface area contributed by atoms with Crippen molar-refractivity contribution in [2.24, 2.45) is 18.4 Å². The molecule has 12 heteroatoms. The summed E-state index contributed by atoms with van der Waals surface area (Å²) in [6.45, 7) is 6.47. The molecule has 0 N–H and O–H groups in total. The molecule has 0 radical (unpaired) electrons. The number of nitrogens with zero attached hydrogens (tertiary/aromatic N) is 7. The van der Waals surface area contributed by atoms with Gasteiger partial charge >= 0.3 is 11.9 Å². The molecule has 4 aromatic rings. The molecule has 2 saturated heterocycles. The molecule has 9 nitrogen and oxygen atoms in total. The van der Waals surface area contributed by atoms with Crippen LogP contribution in [0.25, 0.3) is 11.2 Å². The number of halogens is 3. The molecular weight excluding hydrogens is 571 g/mol. The molecule has 1 atom stereocenters. The molecule has 3 aliphatic rings. The van der Waals surface area contributed by atoms with Crippen LogP contribution in [0.3, 0.4) is 0 Å². The number of amides is 1. The third kappa shape index (κ3) is 4.85. The molecule has 3 aromatic heterocycles. The molecule has 0 unspecified atom stereocenters. The highest BCUT2D eigenvalue weighted by atomic mass is 19.4. The Kier molecular flexibility index (Phi) is 6.80. The number of hydrogen-bond acceptors (Lipinski definition) is 5. The maximum Gasteiger partial charge on any atom is 0.418 e. The second-order valence-electron chi connectivity index (χ2n) is 12.7. The van der Waals surface area contributed by atoms with Gasteiger partial charge in [0.1, 0.15) is 12.2 Å². The van der Waals surface area contributed by atoms with Gasteiger partial charge in [-0.3, -0.25) is 18.7 Å². The van der Waals surface area contributed by atoms with Crippen LogP contribution in [0.1, 0.15) is 54.1 Å². The van der Waals surface area contributed by atoms with Crippen LogP contribution in [-0.4, -0.2) is 65.6 Å². The Balaban J connectivity index is 1.21. The predicted molar refractivity (Wildman–Crippen MR) is 157 cm³/mol. The lowest BCUT2D eigenvalue weighted by Gasteiger charge is -2.47. The van der Waals surface area contributed by atoms with E-state index in [-0.39, 0.29) is 29.3 Å². The van der Waals surface area contributed by atoms with Gasteiger partial charge in [-0.2, -0.15) is 13.2 Å². The fourth-order valence-electron chi connectivity index (χ4n) is 7.32. The van der Waals surface area contributed by atoms with Gasteiger partial charge < -0.3 is 9.47 Å². The molecular formula is C32H34F3N7O2. The molecule has 44 heavy (non-hydrogen) atoms. The fourth-order valence-corrected chi connectivity index (χ4v) is 7.32. The van der Waals surface area contributed by atoms with Crippen LogP contribution in [0.5, 0.6) is 0 Å². The van der Waals surface area contributed by atoms with Crippen LogP contribution in [0.2, 0.25) is 0 Å². The second-order valence-corrected chi connectivity index (χ2v) is 12.7. The standard InChI is InChI=1S/C32H34F3N7O2/c1-3-27(43)40-18-31(19-40)10-11-39(17-31)14-21-12-25(32(33,34)35)26-16-41(30(44)42(26)15-21)24-9-5-8-23(13-24)28(22-6-4-7-22)29-37-36-20-38(29)2/h3,5,8-9,12-13,15-16,20,22,28H,1,4,6-7,10-11,14,17-19H2,2H3/t28-/m1/s1. The van der Waals surface area contributed by atoms with Crippen LogP contribution in [-0.2, 0) is 24.6 Å². The minimum absolute atomic E-state index is 0.0253. The number of alkyl halides is 3. The number of hydrogen-bond donors (Lipinski definition) is 0. The predicted octanol–water partition coefficient (Wildman–Crippen LogP) is 4.39. The van der Waals surface area contributed by atoms with Crippen LogP contribution >= 0.6 is 0 Å². The number of carbonyl (C=O) groups excluding carboxylic acids is 1. The van der Waals surface area contributed by atoms with Crippen molar-refractivity contribution in [3.05, 3.63) is 94.7 Å². The molecule has 0 bridgehead atoms. The average Bonchev–Trinajstić information content (AvgIpc) is 3.66. The van der Waals surface area contributed by atoms with Crippen molar-refractivity contribution in [2.45, 2.75) is 44.3 Å². The minimum Gasteiger partial charge on any atom is -0.338 e. The summed E-state index contributed by atoms with van der Waals surface area (Å²) >= 11 is 0. The van der Waals surface area contributed by atoms with E-state index < -0.39 is 17.4 Å². The topological polar surface area (TPSA) is 80.7 Å². The number of pyridine rings is 1. The fraction of sp³-hybridized carbons (Fsp3) is 0.438. The minimum atomic E-state index is -4.64. The van der Waals surface area contributed by atoms with Crippen molar-refractivity contribution >= 4 is 11.4 Å². The van der Waals surface area contributed by atoms with Crippen LogP contribution in [0, 0.1) is 11.3 Å². The van der Waals surface area contributed by atoms with E-state index in [0.29, 0.717) is 43.3 Å². The number of aromatic nitrogens is 5. The van der Waals surface area contributed by atoms with E-state index in [1.54, 1.807) is 17.3 Å². The van der Waals surface area contributed by atoms with Crippen molar-refractivity contribution in [2.75, 3.05) is 26.2 Å². The van der Waals surface area contributed by atoms with Gasteiger partial charge in [0, 0.05) is 57.0 Å². The maximum atomic E-state index is 14.4. The Bertz CT molecular complexity index is 1810. The Morgan fingerprint density at radius 2 is 1.98 bits per heavy atom. The summed E-state index contributed by atoms with van der Waals surface area (Å²) < 4.78 is 47.5. The first-order valence-corrected chi connectivity index (χ1v) is 15.0. The largest absolute Gasteiger partial charge is 0.418 e. The third-order valence-corrected chi connectivity index (χ3v) is 9.74. The zero-order valence-corrected chi connectivity index (χ0v) is 24.5. The van der Waals surface area contributed by atoms with Crippen molar-refractivity contribution in [3.63, 3.8) is 0 Å². The van der Waals surface area contributed by atoms with E-state index in [4.69, 9.17) is 0 Å². The lowest BCUT2D eigenvalue weighted by atomic mass is 9.72. The normalized spacial score (nSPS) is 19.3. The Morgan fingerprint density at radius 3 is 2.64 bits per heavy atom. The van der Waals surface area contributed by atoms with Gasteiger partial charge in [0.05, 0.1) is 16.8 Å². The van der Waals surface area contributed by atoms with Crippen LogP contribution < -0.4 is 5.69 Å². The van der Waals surface area contributed by atoms with Crippen LogP contribution in [0.15, 0.2) is 66.5 Å². The number of rotatable bonds is 7. The first-order chi connectivity index (χ1) is 21.0. The number of benzene rings is 1. The Morgan fingerprint density at radius 1 is 1.18 bits per heavy atom. The summed E-state index contributed by atoms with van der Waals surface area (Å²) in [4.78, 5) is 29.5. The van der Waals surface area contributed by atoms with Gasteiger partial charge in [-0.05, 0) is 67.1 Å². The summed E-state index contributed by atoms with van der Waals surface area (Å²) in [7, 11) is 1.90. The zero-order chi connectivity index (χ0) is 30.8. The summed E-state index contributed by atoms with van der Waals surface area (Å²) in [5, 5.41) is 8.43.